The molecule has 1 aromatic heterocycles. The van der Waals surface area contributed by atoms with Crippen molar-refractivity contribution >= 4 is 17.5 Å². The quantitative estimate of drug-likeness (QED) is 0.771. The standard InChI is InChI=1S/C9H14ClN3O/c1-3-4-13-6-7(5-12-13)8(10)9(14)11-2/h5-6,8H,3-4H2,1-2H3,(H,11,14). The summed E-state index contributed by atoms with van der Waals surface area (Å²) in [7, 11) is 1.56. The lowest BCUT2D eigenvalue weighted by Crippen LogP contribution is -2.22. The fraction of sp³-hybridized carbons (Fsp3) is 0.556. The summed E-state index contributed by atoms with van der Waals surface area (Å²) in [5, 5.41) is 5.94. The fourth-order valence-corrected chi connectivity index (χ4v) is 1.36. The third-order valence-electron chi connectivity index (χ3n) is 1.88. The largest absolute Gasteiger partial charge is 0.358 e. The van der Waals surface area contributed by atoms with Crippen molar-refractivity contribution in [3.05, 3.63) is 18.0 Å². The van der Waals surface area contributed by atoms with E-state index in [1.54, 1.807) is 24.1 Å². The lowest BCUT2D eigenvalue weighted by molar-refractivity contribution is -0.120. The van der Waals surface area contributed by atoms with Crippen LogP contribution in [0.1, 0.15) is 24.3 Å². The highest BCUT2D eigenvalue weighted by Gasteiger charge is 2.17. The van der Waals surface area contributed by atoms with Crippen LogP contribution in [-0.2, 0) is 11.3 Å². The van der Waals surface area contributed by atoms with Gasteiger partial charge in [-0.3, -0.25) is 9.48 Å². The SMILES string of the molecule is CCCn1cc(C(Cl)C(=O)NC)cn1. The molecule has 4 nitrogen and oxygen atoms in total. The summed E-state index contributed by atoms with van der Waals surface area (Å²) >= 11 is 5.90. The molecule has 1 unspecified atom stereocenters. The molecule has 0 saturated heterocycles. The number of nitrogens with zero attached hydrogens (tertiary/aromatic N) is 2. The van der Waals surface area contributed by atoms with Crippen LogP contribution in [0.25, 0.3) is 0 Å². The summed E-state index contributed by atoms with van der Waals surface area (Å²) in [6.45, 7) is 2.91. The van der Waals surface area contributed by atoms with Gasteiger partial charge in [-0.05, 0) is 6.42 Å². The first-order valence-corrected chi connectivity index (χ1v) is 5.00. The number of carbonyl (C=O) groups excluding carboxylic acids is 1. The van der Waals surface area contributed by atoms with Gasteiger partial charge in [0, 0.05) is 25.4 Å². The molecular weight excluding hydrogens is 202 g/mol. The van der Waals surface area contributed by atoms with Crippen molar-refractivity contribution < 1.29 is 4.79 Å². The molecule has 1 rings (SSSR count). The zero-order valence-electron chi connectivity index (χ0n) is 8.33. The van der Waals surface area contributed by atoms with E-state index in [2.05, 4.69) is 17.3 Å². The minimum atomic E-state index is -0.648. The number of carbonyl (C=O) groups is 1. The highest BCUT2D eigenvalue weighted by atomic mass is 35.5. The van der Waals surface area contributed by atoms with E-state index in [9.17, 15) is 4.79 Å². The number of aromatic nitrogens is 2. The third kappa shape index (κ3) is 2.48. The molecule has 1 aromatic rings. The van der Waals surface area contributed by atoms with E-state index in [-0.39, 0.29) is 5.91 Å². The van der Waals surface area contributed by atoms with Gasteiger partial charge in [0.1, 0.15) is 5.38 Å². The van der Waals surface area contributed by atoms with Crippen molar-refractivity contribution in [3.63, 3.8) is 0 Å². The van der Waals surface area contributed by atoms with E-state index in [0.29, 0.717) is 0 Å². The molecule has 0 spiro atoms. The molecule has 0 aliphatic carbocycles. The van der Waals surface area contributed by atoms with Crippen LogP contribution >= 0.6 is 11.6 Å². The number of hydrogen-bond acceptors (Lipinski definition) is 2. The third-order valence-corrected chi connectivity index (χ3v) is 2.33. The smallest absolute Gasteiger partial charge is 0.242 e. The van der Waals surface area contributed by atoms with Crippen LogP contribution in [0.5, 0.6) is 0 Å². The summed E-state index contributed by atoms with van der Waals surface area (Å²) in [5.74, 6) is -0.206. The lowest BCUT2D eigenvalue weighted by Gasteiger charge is -2.03. The van der Waals surface area contributed by atoms with E-state index in [1.165, 1.54) is 0 Å². The van der Waals surface area contributed by atoms with Gasteiger partial charge in [-0.15, -0.1) is 11.6 Å². The van der Waals surface area contributed by atoms with Crippen LogP contribution in [0, 0.1) is 0 Å². The van der Waals surface area contributed by atoms with Crippen LogP contribution in [-0.4, -0.2) is 22.7 Å². The minimum absolute atomic E-state index is 0.206. The fourth-order valence-electron chi connectivity index (χ4n) is 1.14. The van der Waals surface area contributed by atoms with Gasteiger partial charge in [0.2, 0.25) is 5.91 Å². The van der Waals surface area contributed by atoms with Gasteiger partial charge >= 0.3 is 0 Å². The molecule has 1 amide bonds. The number of alkyl halides is 1. The Morgan fingerprint density at radius 2 is 2.50 bits per heavy atom. The van der Waals surface area contributed by atoms with Gasteiger partial charge in [-0.1, -0.05) is 6.92 Å². The maximum absolute atomic E-state index is 11.2. The van der Waals surface area contributed by atoms with Gasteiger partial charge in [0.15, 0.2) is 0 Å². The first kappa shape index (κ1) is 11.0. The molecule has 0 aromatic carbocycles. The van der Waals surface area contributed by atoms with Crippen molar-refractivity contribution in [2.45, 2.75) is 25.3 Å². The monoisotopic (exact) mass is 215 g/mol. The second-order valence-corrected chi connectivity index (χ2v) is 3.45. The Bertz CT molecular complexity index is 311. The first-order chi connectivity index (χ1) is 6.69. The number of aryl methyl sites for hydroxylation is 1. The van der Waals surface area contributed by atoms with Crippen molar-refractivity contribution in [1.29, 1.82) is 0 Å². The molecule has 0 aliphatic heterocycles. The van der Waals surface area contributed by atoms with E-state index in [4.69, 9.17) is 11.6 Å². The number of hydrogen-bond donors (Lipinski definition) is 1. The van der Waals surface area contributed by atoms with Gasteiger partial charge in [-0.25, -0.2) is 0 Å². The Labute approximate surface area is 88.2 Å². The predicted molar refractivity (Wildman–Crippen MR) is 55.2 cm³/mol. The molecule has 0 saturated carbocycles. The summed E-state index contributed by atoms with van der Waals surface area (Å²) in [6, 6.07) is 0. The molecule has 0 fully saturated rings. The molecule has 0 radical (unpaired) electrons. The van der Waals surface area contributed by atoms with Crippen molar-refractivity contribution in [1.82, 2.24) is 15.1 Å². The number of amides is 1. The zero-order chi connectivity index (χ0) is 10.6. The van der Waals surface area contributed by atoms with E-state index in [1.807, 2.05) is 0 Å². The summed E-state index contributed by atoms with van der Waals surface area (Å²) in [5.41, 5.74) is 0.736. The van der Waals surface area contributed by atoms with Gasteiger partial charge in [-0.2, -0.15) is 5.10 Å². The van der Waals surface area contributed by atoms with Crippen molar-refractivity contribution in [3.8, 4) is 0 Å². The van der Waals surface area contributed by atoms with Gasteiger partial charge in [0.25, 0.3) is 0 Å². The molecular formula is C9H14ClN3O. The molecule has 0 aliphatic rings. The van der Waals surface area contributed by atoms with Crippen LogP contribution in [0.15, 0.2) is 12.4 Å². The average molecular weight is 216 g/mol. The molecule has 1 atom stereocenters. The summed E-state index contributed by atoms with van der Waals surface area (Å²) in [4.78, 5) is 11.2. The number of nitrogens with one attached hydrogen (secondary N) is 1. The van der Waals surface area contributed by atoms with Crippen molar-refractivity contribution in [2.75, 3.05) is 7.05 Å². The molecule has 0 bridgehead atoms. The van der Waals surface area contributed by atoms with Crippen LogP contribution < -0.4 is 5.32 Å². The van der Waals surface area contributed by atoms with Crippen LogP contribution in [0.3, 0.4) is 0 Å². The minimum Gasteiger partial charge on any atom is -0.358 e. The first-order valence-electron chi connectivity index (χ1n) is 4.57. The normalized spacial score (nSPS) is 12.5. The zero-order valence-corrected chi connectivity index (χ0v) is 9.08. The molecule has 5 heteroatoms. The number of rotatable bonds is 4. The predicted octanol–water partition coefficient (Wildman–Crippen LogP) is 1.32. The highest BCUT2D eigenvalue weighted by molar-refractivity contribution is 6.30. The number of likely N-dealkylation sites (N-methyl/N-ethyl adjacent to an activating group) is 1. The van der Waals surface area contributed by atoms with Gasteiger partial charge < -0.3 is 5.32 Å². The molecule has 78 valence electrons. The number of halogens is 1. The second-order valence-electron chi connectivity index (χ2n) is 3.01. The van der Waals surface area contributed by atoms with E-state index in [0.717, 1.165) is 18.5 Å². The summed E-state index contributed by atoms with van der Waals surface area (Å²) < 4.78 is 1.79. The topological polar surface area (TPSA) is 46.9 Å². The maximum Gasteiger partial charge on any atom is 0.242 e. The highest BCUT2D eigenvalue weighted by Crippen LogP contribution is 2.19. The Morgan fingerprint density at radius 3 is 3.07 bits per heavy atom. The van der Waals surface area contributed by atoms with Crippen LogP contribution in [0.2, 0.25) is 0 Å². The Kier molecular flexibility index (Phi) is 3.95. The second kappa shape index (κ2) is 5.00. The van der Waals surface area contributed by atoms with Crippen LogP contribution in [0.4, 0.5) is 0 Å². The molecule has 14 heavy (non-hydrogen) atoms. The Hall–Kier alpha value is -1.03. The van der Waals surface area contributed by atoms with E-state index < -0.39 is 5.38 Å². The average Bonchev–Trinajstić information content (AvgIpc) is 2.64. The summed E-state index contributed by atoms with van der Waals surface area (Å²) in [6.07, 6.45) is 4.44. The lowest BCUT2D eigenvalue weighted by atomic mass is 10.2. The Balaban J connectivity index is 2.70. The molecule has 1 N–H and O–H groups in total. The van der Waals surface area contributed by atoms with E-state index >= 15 is 0 Å². The van der Waals surface area contributed by atoms with Gasteiger partial charge in [0.05, 0.1) is 6.20 Å². The Morgan fingerprint density at radius 1 is 1.79 bits per heavy atom. The molecule has 1 heterocycles. The van der Waals surface area contributed by atoms with Crippen molar-refractivity contribution in [2.24, 2.45) is 0 Å². The maximum atomic E-state index is 11.2.